The fraction of sp³-hybridized carbons (Fsp3) is 0.300. The van der Waals surface area contributed by atoms with Crippen molar-refractivity contribution in [3.8, 4) is 0 Å². The molecule has 0 radical (unpaired) electrons. The fourth-order valence-electron chi connectivity index (χ4n) is 1.20. The maximum Gasteiger partial charge on any atom is 0.340 e. The van der Waals surface area contributed by atoms with Crippen LogP contribution in [0.25, 0.3) is 0 Å². The van der Waals surface area contributed by atoms with Crippen molar-refractivity contribution in [3.63, 3.8) is 0 Å². The topological polar surface area (TPSA) is 38.3 Å². The fourth-order valence-corrected chi connectivity index (χ4v) is 2.08. The molecule has 5 heteroatoms. The van der Waals surface area contributed by atoms with Gasteiger partial charge in [0.1, 0.15) is 0 Å². The molecule has 0 spiro atoms. The third kappa shape index (κ3) is 2.86. The molecule has 0 aliphatic heterocycles. The molecule has 82 valence electrons. The van der Waals surface area contributed by atoms with Gasteiger partial charge in [0.2, 0.25) is 0 Å². The van der Waals surface area contributed by atoms with Crippen LogP contribution < -0.4 is 5.32 Å². The Balaban J connectivity index is 3.26. The predicted octanol–water partition coefficient (Wildman–Crippen LogP) is 3.32. The normalized spacial score (nSPS) is 9.87. The van der Waals surface area contributed by atoms with Crippen LogP contribution in [0.5, 0.6) is 0 Å². The van der Waals surface area contributed by atoms with E-state index in [-0.39, 0.29) is 0 Å². The van der Waals surface area contributed by atoms with Crippen molar-refractivity contribution in [3.05, 3.63) is 27.2 Å². The van der Waals surface area contributed by atoms with E-state index in [9.17, 15) is 4.79 Å². The summed E-state index contributed by atoms with van der Waals surface area (Å²) in [6, 6.07) is 3.40. The van der Waals surface area contributed by atoms with Crippen molar-refractivity contribution in [2.45, 2.75) is 6.92 Å². The lowest BCUT2D eigenvalue weighted by Crippen LogP contribution is -2.08. The Morgan fingerprint density at radius 3 is 2.80 bits per heavy atom. The average Bonchev–Trinajstić information content (AvgIpc) is 2.20. The zero-order valence-electron chi connectivity index (χ0n) is 8.43. The molecule has 0 heterocycles. The summed E-state index contributed by atoms with van der Waals surface area (Å²) in [6.45, 7) is 2.62. The van der Waals surface area contributed by atoms with E-state index in [0.29, 0.717) is 22.8 Å². The number of hydrogen-bond acceptors (Lipinski definition) is 3. The number of carbonyl (C=O) groups excluding carboxylic acids is 1. The van der Waals surface area contributed by atoms with Gasteiger partial charge in [-0.3, -0.25) is 0 Å². The van der Waals surface area contributed by atoms with Gasteiger partial charge in [0, 0.05) is 11.0 Å². The molecule has 3 nitrogen and oxygen atoms in total. The Morgan fingerprint density at radius 2 is 2.27 bits per heavy atom. The molecule has 0 unspecified atom stereocenters. The van der Waals surface area contributed by atoms with Gasteiger partial charge >= 0.3 is 5.97 Å². The van der Waals surface area contributed by atoms with Gasteiger partial charge in [-0.25, -0.2) is 4.79 Å². The van der Waals surface area contributed by atoms with Crippen molar-refractivity contribution in [2.75, 3.05) is 19.0 Å². The molecule has 0 amide bonds. The Morgan fingerprint density at radius 1 is 1.60 bits per heavy atom. The second kappa shape index (κ2) is 5.37. The highest BCUT2D eigenvalue weighted by atomic mass is 79.9. The zero-order chi connectivity index (χ0) is 11.4. The first kappa shape index (κ1) is 12.3. The van der Waals surface area contributed by atoms with Gasteiger partial charge in [-0.2, -0.15) is 0 Å². The molecule has 0 aliphatic rings. The number of carbonyl (C=O) groups is 1. The van der Waals surface area contributed by atoms with Crippen LogP contribution in [0.4, 0.5) is 5.69 Å². The molecule has 0 saturated carbocycles. The number of esters is 1. The first-order chi connectivity index (χ1) is 7.10. The van der Waals surface area contributed by atoms with Crippen LogP contribution in [-0.4, -0.2) is 19.6 Å². The first-order valence-electron chi connectivity index (χ1n) is 4.41. The number of methoxy groups -OCH3 is 1. The van der Waals surface area contributed by atoms with Crippen LogP contribution in [0.2, 0.25) is 5.02 Å². The molecule has 1 aromatic carbocycles. The third-order valence-electron chi connectivity index (χ3n) is 1.81. The van der Waals surface area contributed by atoms with Crippen LogP contribution in [0, 0.1) is 0 Å². The monoisotopic (exact) mass is 291 g/mol. The first-order valence-corrected chi connectivity index (χ1v) is 5.58. The van der Waals surface area contributed by atoms with Crippen LogP contribution in [-0.2, 0) is 4.74 Å². The molecular formula is C10H11BrClNO2. The minimum absolute atomic E-state index is 0.408. The molecule has 0 atom stereocenters. The summed E-state index contributed by atoms with van der Waals surface area (Å²) in [5, 5.41) is 3.53. The Kier molecular flexibility index (Phi) is 4.42. The molecule has 0 saturated heterocycles. The van der Waals surface area contributed by atoms with E-state index >= 15 is 0 Å². The lowest BCUT2D eigenvalue weighted by atomic mass is 10.2. The molecule has 1 rings (SSSR count). The van der Waals surface area contributed by atoms with Crippen LogP contribution in [0.15, 0.2) is 16.6 Å². The molecule has 0 bridgehead atoms. The number of anilines is 1. The molecule has 0 aliphatic carbocycles. The largest absolute Gasteiger partial charge is 0.465 e. The smallest absolute Gasteiger partial charge is 0.340 e. The SMILES string of the molecule is CCNc1c(Cl)cc(Br)cc1C(=O)OC. The summed E-state index contributed by atoms with van der Waals surface area (Å²) in [5.74, 6) is -0.408. The van der Waals surface area contributed by atoms with Gasteiger partial charge in [0.05, 0.1) is 23.4 Å². The summed E-state index contributed by atoms with van der Waals surface area (Å²) < 4.78 is 5.42. The van der Waals surface area contributed by atoms with Gasteiger partial charge in [0.15, 0.2) is 0 Å². The second-order valence-electron chi connectivity index (χ2n) is 2.83. The van der Waals surface area contributed by atoms with Crippen molar-refractivity contribution in [1.82, 2.24) is 0 Å². The summed E-state index contributed by atoms with van der Waals surface area (Å²) in [6.07, 6.45) is 0. The minimum Gasteiger partial charge on any atom is -0.465 e. The quantitative estimate of drug-likeness (QED) is 0.869. The molecule has 15 heavy (non-hydrogen) atoms. The summed E-state index contributed by atoms with van der Waals surface area (Å²) in [4.78, 5) is 11.5. The number of hydrogen-bond donors (Lipinski definition) is 1. The standard InChI is InChI=1S/C10H11BrClNO2/c1-3-13-9-7(10(14)15-2)4-6(11)5-8(9)12/h4-5,13H,3H2,1-2H3. The van der Waals surface area contributed by atoms with Gasteiger partial charge in [-0.15, -0.1) is 0 Å². The summed E-state index contributed by atoms with van der Waals surface area (Å²) >= 11 is 9.29. The zero-order valence-corrected chi connectivity index (χ0v) is 10.8. The maximum absolute atomic E-state index is 11.5. The molecule has 1 N–H and O–H groups in total. The number of rotatable bonds is 3. The van der Waals surface area contributed by atoms with E-state index in [4.69, 9.17) is 11.6 Å². The molecule has 0 aromatic heterocycles. The highest BCUT2D eigenvalue weighted by molar-refractivity contribution is 9.10. The number of benzene rings is 1. The highest BCUT2D eigenvalue weighted by Crippen LogP contribution is 2.30. The van der Waals surface area contributed by atoms with E-state index in [1.165, 1.54) is 7.11 Å². The van der Waals surface area contributed by atoms with E-state index in [1.54, 1.807) is 12.1 Å². The van der Waals surface area contributed by atoms with Crippen molar-refractivity contribution in [2.24, 2.45) is 0 Å². The van der Waals surface area contributed by atoms with E-state index in [0.717, 1.165) is 4.47 Å². The summed E-state index contributed by atoms with van der Waals surface area (Å²) in [5.41, 5.74) is 1.04. The van der Waals surface area contributed by atoms with Gasteiger partial charge < -0.3 is 10.1 Å². The van der Waals surface area contributed by atoms with Crippen LogP contribution in [0.1, 0.15) is 17.3 Å². The lowest BCUT2D eigenvalue weighted by molar-refractivity contribution is 0.0602. The molecule has 0 fully saturated rings. The predicted molar refractivity (Wildman–Crippen MR) is 64.7 cm³/mol. The minimum atomic E-state index is -0.408. The Bertz CT molecular complexity index is 382. The van der Waals surface area contributed by atoms with E-state index < -0.39 is 5.97 Å². The van der Waals surface area contributed by atoms with E-state index in [1.807, 2.05) is 6.92 Å². The van der Waals surface area contributed by atoms with Crippen molar-refractivity contribution < 1.29 is 9.53 Å². The average molecular weight is 293 g/mol. The Hall–Kier alpha value is -0.740. The van der Waals surface area contributed by atoms with Gasteiger partial charge in [0.25, 0.3) is 0 Å². The van der Waals surface area contributed by atoms with Gasteiger partial charge in [-0.1, -0.05) is 27.5 Å². The third-order valence-corrected chi connectivity index (χ3v) is 2.57. The number of halogens is 2. The summed E-state index contributed by atoms with van der Waals surface area (Å²) in [7, 11) is 1.34. The van der Waals surface area contributed by atoms with Crippen molar-refractivity contribution >= 4 is 39.2 Å². The molecular weight excluding hydrogens is 281 g/mol. The second-order valence-corrected chi connectivity index (χ2v) is 4.15. The van der Waals surface area contributed by atoms with Crippen LogP contribution in [0.3, 0.4) is 0 Å². The van der Waals surface area contributed by atoms with Gasteiger partial charge in [-0.05, 0) is 19.1 Å². The van der Waals surface area contributed by atoms with E-state index in [2.05, 4.69) is 26.0 Å². The Labute approximate surface area is 102 Å². The molecule has 1 aromatic rings. The number of nitrogens with one attached hydrogen (secondary N) is 1. The van der Waals surface area contributed by atoms with Crippen molar-refractivity contribution in [1.29, 1.82) is 0 Å². The number of ether oxygens (including phenoxy) is 1. The lowest BCUT2D eigenvalue weighted by Gasteiger charge is -2.11. The maximum atomic E-state index is 11.5. The van der Waals surface area contributed by atoms with Crippen LogP contribution >= 0.6 is 27.5 Å². The highest BCUT2D eigenvalue weighted by Gasteiger charge is 2.15.